The van der Waals surface area contributed by atoms with Gasteiger partial charge in [0, 0.05) is 18.3 Å². The van der Waals surface area contributed by atoms with E-state index in [1.165, 1.54) is 17.4 Å². The van der Waals surface area contributed by atoms with Gasteiger partial charge < -0.3 is 5.32 Å². The fraction of sp³-hybridized carbons (Fsp3) is 0.176. The van der Waals surface area contributed by atoms with Gasteiger partial charge in [0.15, 0.2) is 5.82 Å². The second kappa shape index (κ2) is 6.60. The second-order valence-electron chi connectivity index (χ2n) is 5.25. The summed E-state index contributed by atoms with van der Waals surface area (Å²) < 4.78 is 38.3. The molecule has 24 heavy (non-hydrogen) atoms. The number of thiophene rings is 1. The highest BCUT2D eigenvalue weighted by atomic mass is 32.1. The lowest BCUT2D eigenvalue weighted by Crippen LogP contribution is -2.07. The monoisotopic (exact) mass is 349 g/mol. The molecule has 0 bridgehead atoms. The molecule has 1 N–H and O–H groups in total. The van der Waals surface area contributed by atoms with Crippen LogP contribution in [0.15, 0.2) is 47.8 Å². The number of aromatic nitrogens is 2. The average Bonchev–Trinajstić information content (AvgIpc) is 3.06. The first kappa shape index (κ1) is 16.4. The lowest BCUT2D eigenvalue weighted by atomic mass is 10.1. The molecule has 2 heterocycles. The number of anilines is 1. The Bertz CT molecular complexity index is 829. The summed E-state index contributed by atoms with van der Waals surface area (Å²) in [7, 11) is 0. The van der Waals surface area contributed by atoms with E-state index in [4.69, 9.17) is 0 Å². The Balaban J connectivity index is 1.78. The molecule has 3 rings (SSSR count). The summed E-state index contributed by atoms with van der Waals surface area (Å²) in [6.07, 6.45) is -4.34. The molecule has 3 aromatic rings. The van der Waals surface area contributed by atoms with Gasteiger partial charge >= 0.3 is 6.18 Å². The molecule has 2 aromatic heterocycles. The molecule has 0 atom stereocenters. The average molecular weight is 349 g/mol. The van der Waals surface area contributed by atoms with E-state index < -0.39 is 11.7 Å². The molecule has 3 nitrogen and oxygen atoms in total. The molecule has 1 aromatic carbocycles. The molecular formula is C17H14F3N3S. The van der Waals surface area contributed by atoms with Gasteiger partial charge in [0.2, 0.25) is 0 Å². The summed E-state index contributed by atoms with van der Waals surface area (Å²) >= 11 is 1.53. The topological polar surface area (TPSA) is 37.8 Å². The number of nitrogens with zero attached hydrogens (tertiary/aromatic N) is 2. The zero-order chi connectivity index (χ0) is 17.2. The lowest BCUT2D eigenvalue weighted by Gasteiger charge is -2.11. The predicted octanol–water partition coefficient (Wildman–Crippen LogP) is 5.14. The van der Waals surface area contributed by atoms with Crippen molar-refractivity contribution in [3.63, 3.8) is 0 Å². The third-order valence-corrected chi connectivity index (χ3v) is 4.19. The van der Waals surface area contributed by atoms with E-state index in [9.17, 15) is 13.2 Å². The fourth-order valence-electron chi connectivity index (χ4n) is 2.23. The van der Waals surface area contributed by atoms with Crippen LogP contribution in [0.25, 0.3) is 10.7 Å². The number of hydrogen-bond acceptors (Lipinski definition) is 4. The van der Waals surface area contributed by atoms with Gasteiger partial charge in [-0.25, -0.2) is 9.97 Å². The Morgan fingerprint density at radius 1 is 1.08 bits per heavy atom. The molecule has 0 fully saturated rings. The largest absolute Gasteiger partial charge is 0.416 e. The van der Waals surface area contributed by atoms with Crippen molar-refractivity contribution in [1.82, 2.24) is 9.97 Å². The van der Waals surface area contributed by atoms with E-state index >= 15 is 0 Å². The summed E-state index contributed by atoms with van der Waals surface area (Å²) in [5.41, 5.74) is 0.679. The third kappa shape index (κ3) is 3.91. The number of alkyl halides is 3. The fourth-order valence-corrected chi connectivity index (χ4v) is 2.88. The standard InChI is InChI=1S/C17H14F3N3S/c1-11-8-15(23-16(22-11)14-6-3-7-24-14)21-10-12-4-2-5-13(9-12)17(18,19)20/h2-9H,10H2,1H3,(H,21,22,23). The van der Waals surface area contributed by atoms with Crippen LogP contribution in [-0.2, 0) is 12.7 Å². The number of nitrogens with one attached hydrogen (secondary N) is 1. The van der Waals surface area contributed by atoms with Crippen LogP contribution in [0.2, 0.25) is 0 Å². The van der Waals surface area contributed by atoms with Gasteiger partial charge in [0.05, 0.1) is 10.4 Å². The number of rotatable bonds is 4. The highest BCUT2D eigenvalue weighted by molar-refractivity contribution is 7.13. The molecule has 0 unspecified atom stereocenters. The maximum Gasteiger partial charge on any atom is 0.416 e. The molecular weight excluding hydrogens is 335 g/mol. The number of hydrogen-bond donors (Lipinski definition) is 1. The van der Waals surface area contributed by atoms with Crippen molar-refractivity contribution in [2.24, 2.45) is 0 Å². The van der Waals surface area contributed by atoms with E-state index in [0.29, 0.717) is 17.2 Å². The van der Waals surface area contributed by atoms with E-state index in [0.717, 1.165) is 22.7 Å². The quantitative estimate of drug-likeness (QED) is 0.708. The SMILES string of the molecule is Cc1cc(NCc2cccc(C(F)(F)F)c2)nc(-c2cccs2)n1. The lowest BCUT2D eigenvalue weighted by molar-refractivity contribution is -0.137. The van der Waals surface area contributed by atoms with Gasteiger partial charge in [-0.3, -0.25) is 0 Å². The van der Waals surface area contributed by atoms with Crippen LogP contribution < -0.4 is 5.32 Å². The molecule has 0 spiro atoms. The highest BCUT2D eigenvalue weighted by Gasteiger charge is 2.30. The van der Waals surface area contributed by atoms with Crippen LogP contribution in [0.3, 0.4) is 0 Å². The smallest absolute Gasteiger partial charge is 0.366 e. The molecule has 0 aliphatic heterocycles. The van der Waals surface area contributed by atoms with Crippen molar-refractivity contribution < 1.29 is 13.2 Å². The highest BCUT2D eigenvalue weighted by Crippen LogP contribution is 2.29. The molecule has 0 saturated carbocycles. The van der Waals surface area contributed by atoms with Gasteiger partial charge in [0.1, 0.15) is 5.82 Å². The number of benzene rings is 1. The Kier molecular flexibility index (Phi) is 4.53. The van der Waals surface area contributed by atoms with Crippen LogP contribution in [0.5, 0.6) is 0 Å². The van der Waals surface area contributed by atoms with Crippen molar-refractivity contribution in [3.8, 4) is 10.7 Å². The first-order chi connectivity index (χ1) is 11.4. The Labute approximate surface area is 141 Å². The summed E-state index contributed by atoms with van der Waals surface area (Å²) in [4.78, 5) is 9.76. The van der Waals surface area contributed by atoms with Gasteiger partial charge in [-0.05, 0) is 36.1 Å². The van der Waals surface area contributed by atoms with Crippen LogP contribution >= 0.6 is 11.3 Å². The number of aryl methyl sites for hydroxylation is 1. The van der Waals surface area contributed by atoms with Gasteiger partial charge in [-0.2, -0.15) is 13.2 Å². The van der Waals surface area contributed by atoms with Crippen LogP contribution in [0.4, 0.5) is 19.0 Å². The molecule has 0 amide bonds. The zero-order valence-electron chi connectivity index (χ0n) is 12.8. The van der Waals surface area contributed by atoms with Crippen LogP contribution in [-0.4, -0.2) is 9.97 Å². The summed E-state index contributed by atoms with van der Waals surface area (Å²) in [6.45, 7) is 2.11. The summed E-state index contributed by atoms with van der Waals surface area (Å²) in [5, 5.41) is 5.01. The van der Waals surface area contributed by atoms with Crippen LogP contribution in [0.1, 0.15) is 16.8 Å². The van der Waals surface area contributed by atoms with Crippen molar-refractivity contribution in [2.45, 2.75) is 19.6 Å². The Hall–Kier alpha value is -2.41. The van der Waals surface area contributed by atoms with E-state index in [-0.39, 0.29) is 6.54 Å². The van der Waals surface area contributed by atoms with Crippen LogP contribution in [0, 0.1) is 6.92 Å². The Morgan fingerprint density at radius 3 is 2.62 bits per heavy atom. The van der Waals surface area contributed by atoms with Gasteiger partial charge in [-0.15, -0.1) is 11.3 Å². The maximum atomic E-state index is 12.8. The van der Waals surface area contributed by atoms with Crippen molar-refractivity contribution in [1.29, 1.82) is 0 Å². The second-order valence-corrected chi connectivity index (χ2v) is 6.19. The van der Waals surface area contributed by atoms with E-state index in [1.807, 2.05) is 24.4 Å². The molecule has 0 aliphatic rings. The summed E-state index contributed by atoms with van der Waals surface area (Å²) in [5.74, 6) is 1.19. The molecule has 124 valence electrons. The molecule has 7 heteroatoms. The van der Waals surface area contributed by atoms with Crippen molar-refractivity contribution in [3.05, 3.63) is 64.7 Å². The van der Waals surface area contributed by atoms with Crippen molar-refractivity contribution in [2.75, 3.05) is 5.32 Å². The minimum absolute atomic E-state index is 0.254. The number of halogens is 3. The normalized spacial score (nSPS) is 11.5. The first-order valence-corrected chi connectivity index (χ1v) is 8.09. The van der Waals surface area contributed by atoms with E-state index in [1.54, 1.807) is 12.1 Å². The van der Waals surface area contributed by atoms with Crippen molar-refractivity contribution >= 4 is 17.2 Å². The molecule has 0 radical (unpaired) electrons. The summed E-state index contributed by atoms with van der Waals surface area (Å²) in [6, 6.07) is 10.9. The maximum absolute atomic E-state index is 12.8. The minimum atomic E-state index is -4.34. The third-order valence-electron chi connectivity index (χ3n) is 3.32. The molecule has 0 aliphatic carbocycles. The Morgan fingerprint density at radius 2 is 1.92 bits per heavy atom. The first-order valence-electron chi connectivity index (χ1n) is 7.21. The predicted molar refractivity (Wildman–Crippen MR) is 88.9 cm³/mol. The molecule has 0 saturated heterocycles. The van der Waals surface area contributed by atoms with Gasteiger partial charge in [0.25, 0.3) is 0 Å². The van der Waals surface area contributed by atoms with Gasteiger partial charge in [-0.1, -0.05) is 18.2 Å². The van der Waals surface area contributed by atoms with E-state index in [2.05, 4.69) is 15.3 Å². The minimum Gasteiger partial charge on any atom is -0.366 e. The zero-order valence-corrected chi connectivity index (χ0v) is 13.6.